The molecule has 22 heavy (non-hydrogen) atoms. The number of ether oxygens (including phenoxy) is 2. The van der Waals surface area contributed by atoms with Crippen molar-refractivity contribution in [3.05, 3.63) is 0 Å². The van der Waals surface area contributed by atoms with E-state index in [9.17, 15) is 14.4 Å². The zero-order chi connectivity index (χ0) is 17.0. The number of likely N-dealkylation sites (tertiary alicyclic amines) is 1. The highest BCUT2D eigenvalue weighted by atomic mass is 16.6. The summed E-state index contributed by atoms with van der Waals surface area (Å²) in [6.45, 7) is 7.35. The van der Waals surface area contributed by atoms with Gasteiger partial charge in [0, 0.05) is 13.1 Å². The number of carbonyl (C=O) groups is 3. The molecule has 8 heteroatoms. The summed E-state index contributed by atoms with van der Waals surface area (Å²) >= 11 is 0. The van der Waals surface area contributed by atoms with Gasteiger partial charge in [-0.3, -0.25) is 15.0 Å². The fourth-order valence-electron chi connectivity index (χ4n) is 2.39. The van der Waals surface area contributed by atoms with Crippen LogP contribution in [0.1, 0.15) is 40.5 Å². The summed E-state index contributed by atoms with van der Waals surface area (Å²) in [5.41, 5.74) is -0.138. The zero-order valence-electron chi connectivity index (χ0n) is 13.6. The third-order valence-corrected chi connectivity index (χ3v) is 3.38. The first kappa shape index (κ1) is 18.2. The van der Waals surface area contributed by atoms with Crippen molar-refractivity contribution in [2.24, 2.45) is 11.3 Å². The van der Waals surface area contributed by atoms with Crippen molar-refractivity contribution >= 4 is 18.0 Å². The van der Waals surface area contributed by atoms with Crippen molar-refractivity contribution in [1.82, 2.24) is 10.3 Å². The lowest BCUT2D eigenvalue weighted by Gasteiger charge is -2.39. The maximum absolute atomic E-state index is 12.3. The lowest BCUT2D eigenvalue weighted by atomic mass is 9.79. The van der Waals surface area contributed by atoms with Crippen molar-refractivity contribution in [2.45, 2.75) is 46.1 Å². The summed E-state index contributed by atoms with van der Waals surface area (Å²) in [5.74, 6) is 3.88. The van der Waals surface area contributed by atoms with Crippen molar-refractivity contribution in [3.8, 4) is 0 Å². The second kappa shape index (κ2) is 6.95. The molecule has 0 spiro atoms. The predicted molar refractivity (Wildman–Crippen MR) is 78.4 cm³/mol. The molecule has 0 aliphatic carbocycles. The normalized spacial score (nSPS) is 22.0. The Morgan fingerprint density at radius 2 is 1.95 bits per heavy atom. The molecule has 126 valence electrons. The van der Waals surface area contributed by atoms with Crippen LogP contribution in [0.2, 0.25) is 0 Å². The summed E-state index contributed by atoms with van der Waals surface area (Å²) in [6.07, 6.45) is 0.185. The van der Waals surface area contributed by atoms with Crippen LogP contribution in [0.25, 0.3) is 0 Å². The minimum absolute atomic E-state index is 0.107. The number of carbonyl (C=O) groups excluding carboxylic acids is 3. The number of hydrogen-bond donors (Lipinski definition) is 2. The Morgan fingerprint density at radius 1 is 1.32 bits per heavy atom. The number of hydrogen-bond acceptors (Lipinski definition) is 6. The molecule has 0 aromatic carbocycles. The Bertz CT molecular complexity index is 446. The van der Waals surface area contributed by atoms with Crippen LogP contribution in [0.5, 0.6) is 0 Å². The maximum atomic E-state index is 12.3. The molecule has 0 aromatic heterocycles. The van der Waals surface area contributed by atoms with Crippen LogP contribution < -0.4 is 11.3 Å². The van der Waals surface area contributed by atoms with Gasteiger partial charge in [0.2, 0.25) is 0 Å². The van der Waals surface area contributed by atoms with Crippen LogP contribution in [0.15, 0.2) is 0 Å². The van der Waals surface area contributed by atoms with Gasteiger partial charge in [0.1, 0.15) is 5.60 Å². The monoisotopic (exact) mass is 315 g/mol. The molecule has 1 saturated heterocycles. The van der Waals surface area contributed by atoms with Crippen molar-refractivity contribution < 1.29 is 23.9 Å². The summed E-state index contributed by atoms with van der Waals surface area (Å²) in [5, 5.41) is 0. The van der Waals surface area contributed by atoms with Crippen LogP contribution in [0.3, 0.4) is 0 Å². The lowest BCUT2D eigenvalue weighted by molar-refractivity contribution is -0.164. The predicted octanol–water partition coefficient (Wildman–Crippen LogP) is 0.557. The van der Waals surface area contributed by atoms with Crippen molar-refractivity contribution in [2.75, 3.05) is 19.7 Å². The van der Waals surface area contributed by atoms with Crippen LogP contribution in [0, 0.1) is 5.41 Å². The van der Waals surface area contributed by atoms with Gasteiger partial charge in [-0.05, 0) is 40.5 Å². The molecule has 3 N–H and O–H groups in total. The van der Waals surface area contributed by atoms with E-state index >= 15 is 0 Å². The molecule has 0 bridgehead atoms. The van der Waals surface area contributed by atoms with Gasteiger partial charge < -0.3 is 14.4 Å². The van der Waals surface area contributed by atoms with E-state index in [1.54, 1.807) is 27.7 Å². The number of piperidine rings is 1. The van der Waals surface area contributed by atoms with E-state index in [0.717, 1.165) is 0 Å². The van der Waals surface area contributed by atoms with Gasteiger partial charge in [-0.25, -0.2) is 10.6 Å². The fraction of sp³-hybridized carbons (Fsp3) is 0.786. The van der Waals surface area contributed by atoms with Crippen LogP contribution in [-0.2, 0) is 19.1 Å². The number of rotatable bonds is 3. The molecule has 1 unspecified atom stereocenters. The molecular formula is C14H25N3O5. The van der Waals surface area contributed by atoms with E-state index in [4.69, 9.17) is 15.3 Å². The molecule has 2 amide bonds. The molecule has 1 aliphatic rings. The number of esters is 1. The third-order valence-electron chi connectivity index (χ3n) is 3.38. The Morgan fingerprint density at radius 3 is 2.45 bits per heavy atom. The highest BCUT2D eigenvalue weighted by molar-refractivity contribution is 6.03. The minimum Gasteiger partial charge on any atom is -0.465 e. The Balaban J connectivity index is 2.97. The number of amides is 2. The molecule has 0 aromatic rings. The minimum atomic E-state index is -1.49. The average molecular weight is 315 g/mol. The van der Waals surface area contributed by atoms with Gasteiger partial charge in [-0.15, -0.1) is 0 Å². The van der Waals surface area contributed by atoms with E-state index in [-0.39, 0.29) is 19.6 Å². The highest BCUT2D eigenvalue weighted by Gasteiger charge is 2.51. The van der Waals surface area contributed by atoms with Gasteiger partial charge in [0.25, 0.3) is 5.91 Å². The Hall–Kier alpha value is -1.83. The number of nitrogens with two attached hydrogens (primary N) is 1. The van der Waals surface area contributed by atoms with Gasteiger partial charge in [-0.1, -0.05) is 0 Å². The first-order chi connectivity index (χ1) is 10.2. The van der Waals surface area contributed by atoms with E-state index < -0.39 is 29.0 Å². The standard InChI is InChI=1S/C14H25N3O5/c1-5-21-11(19)14(10(18)16-15)7-6-8-17(9-14)12(20)22-13(2,3)4/h5-9,15H2,1-4H3,(H,16,18). The second-order valence-corrected chi connectivity index (χ2v) is 6.28. The van der Waals surface area contributed by atoms with Crippen molar-refractivity contribution in [3.63, 3.8) is 0 Å². The highest BCUT2D eigenvalue weighted by Crippen LogP contribution is 2.32. The fourth-order valence-corrected chi connectivity index (χ4v) is 2.39. The van der Waals surface area contributed by atoms with Gasteiger partial charge in [0.05, 0.1) is 6.61 Å². The summed E-state index contributed by atoms with van der Waals surface area (Å²) < 4.78 is 10.3. The number of nitrogens with zero attached hydrogens (tertiary/aromatic N) is 1. The molecule has 1 rings (SSSR count). The molecule has 8 nitrogen and oxygen atoms in total. The second-order valence-electron chi connectivity index (χ2n) is 6.28. The third kappa shape index (κ3) is 4.09. The molecule has 1 heterocycles. The van der Waals surface area contributed by atoms with Crippen LogP contribution >= 0.6 is 0 Å². The van der Waals surface area contributed by atoms with Crippen molar-refractivity contribution in [1.29, 1.82) is 0 Å². The topological polar surface area (TPSA) is 111 Å². The van der Waals surface area contributed by atoms with Gasteiger partial charge >= 0.3 is 12.1 Å². The zero-order valence-corrected chi connectivity index (χ0v) is 13.6. The molecule has 1 fully saturated rings. The summed E-state index contributed by atoms with van der Waals surface area (Å²) in [6, 6.07) is 0. The van der Waals surface area contributed by atoms with E-state index in [2.05, 4.69) is 0 Å². The smallest absolute Gasteiger partial charge is 0.410 e. The number of nitrogens with one attached hydrogen (secondary N) is 1. The summed E-state index contributed by atoms with van der Waals surface area (Å²) in [4.78, 5) is 37.9. The summed E-state index contributed by atoms with van der Waals surface area (Å²) in [7, 11) is 0. The largest absolute Gasteiger partial charge is 0.465 e. The Labute approximate surface area is 130 Å². The lowest BCUT2D eigenvalue weighted by Crippen LogP contribution is -2.59. The Kier molecular flexibility index (Phi) is 5.76. The average Bonchev–Trinajstić information content (AvgIpc) is 2.44. The van der Waals surface area contributed by atoms with Crippen LogP contribution in [0.4, 0.5) is 4.79 Å². The van der Waals surface area contributed by atoms with Crippen LogP contribution in [-0.4, -0.2) is 48.2 Å². The van der Waals surface area contributed by atoms with E-state index in [1.807, 2.05) is 5.43 Å². The molecule has 0 radical (unpaired) electrons. The number of hydrazine groups is 1. The quantitative estimate of drug-likeness (QED) is 0.259. The SMILES string of the molecule is CCOC(=O)C1(C(=O)NN)CCCN(C(=O)OC(C)(C)C)C1. The first-order valence-electron chi connectivity index (χ1n) is 7.32. The maximum Gasteiger partial charge on any atom is 0.410 e. The van der Waals surface area contributed by atoms with Gasteiger partial charge in [-0.2, -0.15) is 0 Å². The molecule has 1 atom stereocenters. The molecule has 1 aliphatic heterocycles. The molecular weight excluding hydrogens is 290 g/mol. The first-order valence-corrected chi connectivity index (χ1v) is 7.32. The molecule has 0 saturated carbocycles. The van der Waals surface area contributed by atoms with E-state index in [0.29, 0.717) is 13.0 Å². The van der Waals surface area contributed by atoms with Gasteiger partial charge in [0.15, 0.2) is 5.41 Å². The van der Waals surface area contributed by atoms with E-state index in [1.165, 1.54) is 4.90 Å².